The second-order valence-corrected chi connectivity index (χ2v) is 7.79. The standard InChI is InChI=1S/C23H21F3N6O2/c1-14-21(15(2)31(3)29-14)17-9-7-16(8-10-17)12-32-13-20(34-30-32)28-22(33)27-19-6-4-5-18(11-19)23(24,25)26/h4-11,13H,12H2,1-3H3,(H-,27,28,30,33)/p+1. The number of urea groups is 1. The predicted octanol–water partition coefficient (Wildman–Crippen LogP) is 4.69. The molecule has 4 aromatic rings. The highest BCUT2D eigenvalue weighted by Crippen LogP contribution is 2.30. The van der Waals surface area contributed by atoms with E-state index in [1.807, 2.05) is 49.8 Å². The first-order valence-electron chi connectivity index (χ1n) is 10.3. The summed E-state index contributed by atoms with van der Waals surface area (Å²) < 4.78 is 46.9. The number of aryl methyl sites for hydroxylation is 2. The van der Waals surface area contributed by atoms with E-state index in [0.29, 0.717) is 6.54 Å². The summed E-state index contributed by atoms with van der Waals surface area (Å²) in [6.07, 6.45) is -3.02. The van der Waals surface area contributed by atoms with Gasteiger partial charge in [0.25, 0.3) is 6.20 Å². The van der Waals surface area contributed by atoms with Gasteiger partial charge in [-0.05, 0) is 42.3 Å². The molecule has 2 heterocycles. The Bertz CT molecular complexity index is 1330. The molecule has 0 aliphatic rings. The summed E-state index contributed by atoms with van der Waals surface area (Å²) in [5.74, 6) is 0.0442. The van der Waals surface area contributed by atoms with Crippen LogP contribution in [0.3, 0.4) is 0 Å². The molecule has 0 spiro atoms. The monoisotopic (exact) mass is 471 g/mol. The number of alkyl halides is 3. The zero-order chi connectivity index (χ0) is 24.5. The molecule has 0 fully saturated rings. The molecule has 11 heteroatoms. The van der Waals surface area contributed by atoms with Gasteiger partial charge in [-0.1, -0.05) is 30.3 Å². The van der Waals surface area contributed by atoms with Gasteiger partial charge in [0.2, 0.25) is 11.8 Å². The lowest BCUT2D eigenvalue weighted by atomic mass is 10.0. The highest BCUT2D eigenvalue weighted by molar-refractivity contribution is 5.98. The zero-order valence-corrected chi connectivity index (χ0v) is 18.6. The van der Waals surface area contributed by atoms with E-state index >= 15 is 0 Å². The van der Waals surface area contributed by atoms with Gasteiger partial charge >= 0.3 is 18.1 Å². The van der Waals surface area contributed by atoms with Crippen molar-refractivity contribution >= 4 is 17.6 Å². The third-order valence-corrected chi connectivity index (χ3v) is 5.29. The van der Waals surface area contributed by atoms with Crippen LogP contribution in [0.4, 0.5) is 29.5 Å². The van der Waals surface area contributed by atoms with E-state index < -0.39 is 17.8 Å². The van der Waals surface area contributed by atoms with Crippen LogP contribution in [0, 0.1) is 13.8 Å². The molecule has 0 unspecified atom stereocenters. The number of benzene rings is 2. The summed E-state index contributed by atoms with van der Waals surface area (Å²) in [4.78, 5) is 12.1. The quantitative estimate of drug-likeness (QED) is 0.414. The molecule has 2 N–H and O–H groups in total. The summed E-state index contributed by atoms with van der Waals surface area (Å²) in [5, 5.41) is 13.1. The molecular formula is C23H22F3N6O2+. The molecule has 0 aliphatic heterocycles. The first-order valence-corrected chi connectivity index (χ1v) is 10.3. The molecule has 8 nitrogen and oxygen atoms in total. The van der Waals surface area contributed by atoms with Crippen molar-refractivity contribution in [3.05, 3.63) is 77.2 Å². The van der Waals surface area contributed by atoms with Crippen LogP contribution in [0.15, 0.2) is 59.3 Å². The number of aromatic nitrogens is 4. The molecule has 0 atom stereocenters. The maximum Gasteiger partial charge on any atom is 0.416 e. The first-order chi connectivity index (χ1) is 16.1. The van der Waals surface area contributed by atoms with Gasteiger partial charge in [-0.25, -0.2) is 4.79 Å². The second-order valence-electron chi connectivity index (χ2n) is 7.79. The molecule has 0 radical (unpaired) electrons. The Labute approximate surface area is 193 Å². The lowest BCUT2D eigenvalue weighted by Crippen LogP contribution is -2.35. The normalized spacial score (nSPS) is 11.5. The summed E-state index contributed by atoms with van der Waals surface area (Å²) in [7, 11) is 1.91. The van der Waals surface area contributed by atoms with E-state index in [-0.39, 0.29) is 11.6 Å². The van der Waals surface area contributed by atoms with Crippen LogP contribution in [0.25, 0.3) is 11.1 Å². The van der Waals surface area contributed by atoms with Crippen LogP contribution in [0.2, 0.25) is 0 Å². The van der Waals surface area contributed by atoms with Crippen LogP contribution in [-0.2, 0) is 19.8 Å². The van der Waals surface area contributed by atoms with E-state index in [1.54, 1.807) is 0 Å². The first kappa shape index (κ1) is 23.0. The largest absolute Gasteiger partial charge is 0.416 e. The summed E-state index contributed by atoms with van der Waals surface area (Å²) >= 11 is 0. The third-order valence-electron chi connectivity index (χ3n) is 5.29. The van der Waals surface area contributed by atoms with Gasteiger partial charge in [0.05, 0.1) is 11.3 Å². The van der Waals surface area contributed by atoms with Gasteiger partial charge in [0.1, 0.15) is 0 Å². The minimum atomic E-state index is -4.50. The number of carbonyl (C=O) groups excluding carboxylic acids is 1. The molecule has 0 aliphatic carbocycles. The van der Waals surface area contributed by atoms with Crippen molar-refractivity contribution in [1.29, 1.82) is 0 Å². The molecular weight excluding hydrogens is 449 g/mol. The maximum atomic E-state index is 12.8. The SMILES string of the molecule is Cc1nn(C)c(C)c1-c1ccc(C[n+]2cc(NC(=O)Nc3cccc(C(F)(F)F)c3)on2)cc1. The minimum absolute atomic E-state index is 0.00102. The Morgan fingerprint density at radius 1 is 1.12 bits per heavy atom. The molecule has 4 rings (SSSR count). The molecule has 176 valence electrons. The van der Waals surface area contributed by atoms with Crippen molar-refractivity contribution < 1.29 is 27.2 Å². The Morgan fingerprint density at radius 2 is 1.85 bits per heavy atom. The number of anilines is 2. The highest BCUT2D eigenvalue weighted by Gasteiger charge is 2.30. The van der Waals surface area contributed by atoms with Crippen molar-refractivity contribution in [3.8, 4) is 11.1 Å². The highest BCUT2D eigenvalue weighted by atomic mass is 19.4. The fraction of sp³-hybridized carbons (Fsp3) is 0.217. The molecule has 2 aromatic heterocycles. The van der Waals surface area contributed by atoms with Crippen molar-refractivity contribution in [1.82, 2.24) is 15.1 Å². The molecule has 0 saturated carbocycles. The van der Waals surface area contributed by atoms with Gasteiger partial charge in [-0.2, -0.15) is 18.3 Å². The predicted molar refractivity (Wildman–Crippen MR) is 118 cm³/mol. The van der Waals surface area contributed by atoms with Crippen LogP contribution >= 0.6 is 0 Å². The Morgan fingerprint density at radius 3 is 2.50 bits per heavy atom. The maximum absolute atomic E-state index is 12.8. The van der Waals surface area contributed by atoms with Crippen molar-refractivity contribution in [2.75, 3.05) is 10.6 Å². The minimum Gasteiger partial charge on any atom is -0.308 e. The van der Waals surface area contributed by atoms with E-state index in [0.717, 1.165) is 40.2 Å². The molecule has 0 bridgehead atoms. The Balaban J connectivity index is 1.38. The second kappa shape index (κ2) is 9.00. The third kappa shape index (κ3) is 5.08. The number of rotatable bonds is 5. The number of nitrogens with zero attached hydrogens (tertiary/aromatic N) is 4. The van der Waals surface area contributed by atoms with Gasteiger partial charge in [-0.15, -0.1) is 0 Å². The molecule has 2 amide bonds. The lowest BCUT2D eigenvalue weighted by molar-refractivity contribution is -0.754. The molecule has 34 heavy (non-hydrogen) atoms. The zero-order valence-electron chi connectivity index (χ0n) is 18.6. The van der Waals surface area contributed by atoms with Crippen LogP contribution < -0.4 is 15.3 Å². The number of nitrogens with one attached hydrogen (secondary N) is 2. The van der Waals surface area contributed by atoms with Gasteiger partial charge in [-0.3, -0.25) is 14.5 Å². The number of hydrogen-bond donors (Lipinski definition) is 2. The topological polar surface area (TPSA) is 88.9 Å². The smallest absolute Gasteiger partial charge is 0.308 e. The Kier molecular flexibility index (Phi) is 6.10. The number of hydrogen-bond acceptors (Lipinski definition) is 4. The van der Waals surface area contributed by atoms with E-state index in [4.69, 9.17) is 4.52 Å². The van der Waals surface area contributed by atoms with E-state index in [9.17, 15) is 18.0 Å². The summed E-state index contributed by atoms with van der Waals surface area (Å²) in [6, 6.07) is 11.5. The van der Waals surface area contributed by atoms with Crippen LogP contribution in [-0.4, -0.2) is 21.1 Å². The van der Waals surface area contributed by atoms with Crippen LogP contribution in [0.5, 0.6) is 0 Å². The average molecular weight is 471 g/mol. The van der Waals surface area contributed by atoms with E-state index in [2.05, 4.69) is 21.0 Å². The van der Waals surface area contributed by atoms with Crippen molar-refractivity contribution in [2.24, 2.45) is 7.05 Å². The van der Waals surface area contributed by atoms with Gasteiger partial charge in [0, 0.05) is 29.6 Å². The number of halogens is 3. The fourth-order valence-electron chi connectivity index (χ4n) is 3.61. The molecule has 2 aromatic carbocycles. The van der Waals surface area contributed by atoms with Crippen molar-refractivity contribution in [2.45, 2.75) is 26.6 Å². The Hall–Kier alpha value is -4.15. The lowest BCUT2D eigenvalue weighted by Gasteiger charge is -2.09. The fourth-order valence-corrected chi connectivity index (χ4v) is 3.61. The number of carbonyl (C=O) groups is 1. The van der Waals surface area contributed by atoms with Crippen molar-refractivity contribution in [3.63, 3.8) is 0 Å². The summed E-state index contributed by atoms with van der Waals surface area (Å²) in [5.41, 5.74) is 4.29. The molecule has 0 saturated heterocycles. The van der Waals surface area contributed by atoms with Gasteiger partial charge in [0.15, 0.2) is 0 Å². The van der Waals surface area contributed by atoms with Crippen LogP contribution in [0.1, 0.15) is 22.5 Å². The number of amides is 2. The van der Waals surface area contributed by atoms with E-state index in [1.165, 1.54) is 23.0 Å². The average Bonchev–Trinajstić information content (AvgIpc) is 3.31. The van der Waals surface area contributed by atoms with Gasteiger partial charge < -0.3 is 5.32 Å². The summed E-state index contributed by atoms with van der Waals surface area (Å²) in [6.45, 7) is 4.39.